The lowest BCUT2D eigenvalue weighted by molar-refractivity contribution is 0.558. The fourth-order valence-electron chi connectivity index (χ4n) is 1.38. The van der Waals surface area contributed by atoms with Crippen molar-refractivity contribution in [2.24, 2.45) is 0 Å². The Morgan fingerprint density at radius 2 is 2.12 bits per heavy atom. The Kier molecular flexibility index (Phi) is 3.26. The molecule has 0 unspecified atom stereocenters. The molecule has 2 aromatic rings. The summed E-state index contributed by atoms with van der Waals surface area (Å²) < 4.78 is 25.8. The molecule has 0 fully saturated rings. The number of nitrogens with one attached hydrogen (secondary N) is 2. The van der Waals surface area contributed by atoms with Gasteiger partial charge in [-0.2, -0.15) is 0 Å². The molecule has 0 saturated carbocycles. The van der Waals surface area contributed by atoms with Crippen molar-refractivity contribution in [2.75, 3.05) is 0 Å². The molecule has 0 aliphatic heterocycles. The lowest BCUT2D eigenvalue weighted by atomic mass is 10.2. The van der Waals surface area contributed by atoms with Crippen LogP contribution in [0.1, 0.15) is 11.4 Å². The summed E-state index contributed by atoms with van der Waals surface area (Å²) in [5.41, 5.74) is 0.438. The van der Waals surface area contributed by atoms with Gasteiger partial charge in [-0.1, -0.05) is 6.07 Å². The van der Waals surface area contributed by atoms with Crippen molar-refractivity contribution in [3.05, 3.63) is 53.6 Å². The minimum absolute atomic E-state index is 0.340. The number of benzene rings is 1. The summed E-state index contributed by atoms with van der Waals surface area (Å²) in [6.07, 6.45) is 3.37. The molecule has 2 rings (SSSR count). The lowest BCUT2D eigenvalue weighted by Crippen LogP contribution is -2.14. The Balaban J connectivity index is 1.90. The van der Waals surface area contributed by atoms with Crippen LogP contribution >= 0.6 is 0 Å². The van der Waals surface area contributed by atoms with Crippen LogP contribution in [-0.2, 0) is 13.1 Å². The molecule has 84 valence electrons. The highest BCUT2D eigenvalue weighted by Crippen LogP contribution is 2.09. The first kappa shape index (κ1) is 10.8. The third-order valence-electron chi connectivity index (χ3n) is 2.18. The minimum Gasteiger partial charge on any atom is -0.348 e. The molecule has 16 heavy (non-hydrogen) atoms. The Labute approximate surface area is 91.5 Å². The van der Waals surface area contributed by atoms with E-state index in [1.165, 1.54) is 12.1 Å². The zero-order valence-electron chi connectivity index (χ0n) is 8.50. The molecule has 1 aromatic carbocycles. The second-order valence-electron chi connectivity index (χ2n) is 3.38. The molecule has 0 amide bonds. The highest BCUT2D eigenvalue weighted by Gasteiger charge is 2.03. The normalized spacial score (nSPS) is 10.6. The van der Waals surface area contributed by atoms with Gasteiger partial charge in [0.2, 0.25) is 0 Å². The van der Waals surface area contributed by atoms with Gasteiger partial charge in [0, 0.05) is 30.6 Å². The lowest BCUT2D eigenvalue weighted by Gasteiger charge is -2.04. The Morgan fingerprint density at radius 3 is 2.81 bits per heavy atom. The van der Waals surface area contributed by atoms with Gasteiger partial charge in [-0.25, -0.2) is 13.8 Å². The predicted molar refractivity (Wildman–Crippen MR) is 55.5 cm³/mol. The standard InChI is InChI=1S/C11H11F2N3/c12-9-2-1-8(10(13)5-9)6-14-7-11-15-3-4-16-11/h1-5,14H,6-7H2,(H,15,16). The van der Waals surface area contributed by atoms with E-state index >= 15 is 0 Å². The third kappa shape index (κ3) is 2.64. The molecule has 0 bridgehead atoms. The van der Waals surface area contributed by atoms with Crippen molar-refractivity contribution in [1.82, 2.24) is 15.3 Å². The van der Waals surface area contributed by atoms with Gasteiger partial charge < -0.3 is 10.3 Å². The zero-order valence-corrected chi connectivity index (χ0v) is 8.50. The summed E-state index contributed by atoms with van der Waals surface area (Å²) >= 11 is 0. The number of imidazole rings is 1. The van der Waals surface area contributed by atoms with Crippen LogP contribution in [0.15, 0.2) is 30.6 Å². The molecule has 0 spiro atoms. The zero-order chi connectivity index (χ0) is 11.4. The second kappa shape index (κ2) is 4.85. The number of rotatable bonds is 4. The summed E-state index contributed by atoms with van der Waals surface area (Å²) in [5.74, 6) is -0.318. The van der Waals surface area contributed by atoms with E-state index < -0.39 is 11.6 Å². The average Bonchev–Trinajstić information content (AvgIpc) is 2.74. The topological polar surface area (TPSA) is 40.7 Å². The maximum atomic E-state index is 13.2. The van der Waals surface area contributed by atoms with Crippen LogP contribution in [0.4, 0.5) is 8.78 Å². The first-order valence-corrected chi connectivity index (χ1v) is 4.88. The molecule has 0 aliphatic rings. The number of H-pyrrole nitrogens is 1. The van der Waals surface area contributed by atoms with Gasteiger partial charge in [-0.05, 0) is 6.07 Å². The van der Waals surface area contributed by atoms with Gasteiger partial charge >= 0.3 is 0 Å². The first-order valence-electron chi connectivity index (χ1n) is 4.88. The molecule has 0 aliphatic carbocycles. The van der Waals surface area contributed by atoms with E-state index in [1.54, 1.807) is 12.4 Å². The summed E-state index contributed by atoms with van der Waals surface area (Å²) in [6.45, 7) is 0.858. The van der Waals surface area contributed by atoms with Gasteiger partial charge in [0.05, 0.1) is 6.54 Å². The van der Waals surface area contributed by atoms with Crippen LogP contribution in [0, 0.1) is 11.6 Å². The number of nitrogens with zero attached hydrogens (tertiary/aromatic N) is 1. The molecule has 3 nitrogen and oxygen atoms in total. The van der Waals surface area contributed by atoms with E-state index in [2.05, 4.69) is 15.3 Å². The van der Waals surface area contributed by atoms with Crippen LogP contribution in [0.25, 0.3) is 0 Å². The molecular formula is C11H11F2N3. The summed E-state index contributed by atoms with van der Waals surface area (Å²) in [7, 11) is 0. The van der Waals surface area contributed by atoms with E-state index in [9.17, 15) is 8.78 Å². The largest absolute Gasteiger partial charge is 0.348 e. The fourth-order valence-corrected chi connectivity index (χ4v) is 1.38. The van der Waals surface area contributed by atoms with Crippen LogP contribution in [0.3, 0.4) is 0 Å². The smallest absolute Gasteiger partial charge is 0.130 e. The highest BCUT2D eigenvalue weighted by molar-refractivity contribution is 5.18. The molecule has 0 saturated heterocycles. The van der Waals surface area contributed by atoms with Crippen molar-refractivity contribution in [2.45, 2.75) is 13.1 Å². The monoisotopic (exact) mass is 223 g/mol. The minimum atomic E-state index is -0.563. The van der Waals surface area contributed by atoms with E-state index in [4.69, 9.17) is 0 Å². The molecule has 1 heterocycles. The number of aromatic nitrogens is 2. The number of halogens is 2. The molecule has 1 aromatic heterocycles. The van der Waals surface area contributed by atoms with E-state index in [0.29, 0.717) is 18.7 Å². The molecule has 2 N–H and O–H groups in total. The van der Waals surface area contributed by atoms with Gasteiger partial charge in [0.15, 0.2) is 0 Å². The van der Waals surface area contributed by atoms with E-state index in [0.717, 1.165) is 11.9 Å². The quantitative estimate of drug-likeness (QED) is 0.832. The van der Waals surface area contributed by atoms with Gasteiger partial charge in [0.1, 0.15) is 17.5 Å². The van der Waals surface area contributed by atoms with Crippen LogP contribution in [0.2, 0.25) is 0 Å². The summed E-state index contributed by atoms with van der Waals surface area (Å²) in [5, 5.41) is 3.01. The van der Waals surface area contributed by atoms with Gasteiger partial charge in [0.25, 0.3) is 0 Å². The SMILES string of the molecule is Fc1ccc(CNCc2ncc[nH]2)c(F)c1. The number of hydrogen-bond donors (Lipinski definition) is 2. The molecular weight excluding hydrogens is 212 g/mol. The van der Waals surface area contributed by atoms with Crippen molar-refractivity contribution >= 4 is 0 Å². The van der Waals surface area contributed by atoms with Crippen molar-refractivity contribution < 1.29 is 8.78 Å². The van der Waals surface area contributed by atoms with Crippen molar-refractivity contribution in [3.63, 3.8) is 0 Å². The molecule has 5 heteroatoms. The van der Waals surface area contributed by atoms with Crippen LogP contribution < -0.4 is 5.32 Å². The predicted octanol–water partition coefficient (Wildman–Crippen LogP) is 1.98. The second-order valence-corrected chi connectivity index (χ2v) is 3.38. The van der Waals surface area contributed by atoms with E-state index in [1.807, 2.05) is 0 Å². The Morgan fingerprint density at radius 1 is 1.25 bits per heavy atom. The van der Waals surface area contributed by atoms with Gasteiger partial charge in [-0.3, -0.25) is 0 Å². The molecule has 0 atom stereocenters. The Bertz CT molecular complexity index is 454. The number of hydrogen-bond acceptors (Lipinski definition) is 2. The van der Waals surface area contributed by atoms with Crippen molar-refractivity contribution in [3.8, 4) is 0 Å². The van der Waals surface area contributed by atoms with Gasteiger partial charge in [-0.15, -0.1) is 0 Å². The average molecular weight is 223 g/mol. The highest BCUT2D eigenvalue weighted by atomic mass is 19.1. The van der Waals surface area contributed by atoms with Crippen LogP contribution in [-0.4, -0.2) is 9.97 Å². The summed E-state index contributed by atoms with van der Waals surface area (Å²) in [4.78, 5) is 6.93. The fraction of sp³-hybridized carbons (Fsp3) is 0.182. The first-order chi connectivity index (χ1) is 7.75. The number of aromatic amines is 1. The van der Waals surface area contributed by atoms with E-state index in [-0.39, 0.29) is 0 Å². The molecule has 0 radical (unpaired) electrons. The summed E-state index contributed by atoms with van der Waals surface area (Å²) in [6, 6.07) is 3.55. The Hall–Kier alpha value is -1.75. The third-order valence-corrected chi connectivity index (χ3v) is 2.18. The van der Waals surface area contributed by atoms with Crippen LogP contribution in [0.5, 0.6) is 0 Å². The maximum Gasteiger partial charge on any atom is 0.130 e. The van der Waals surface area contributed by atoms with Crippen molar-refractivity contribution in [1.29, 1.82) is 0 Å². The maximum absolute atomic E-state index is 13.2.